The summed E-state index contributed by atoms with van der Waals surface area (Å²) < 4.78 is 1.81. The van der Waals surface area contributed by atoms with Crippen molar-refractivity contribution in [3.8, 4) is 0 Å². The molecule has 0 spiro atoms. The van der Waals surface area contributed by atoms with E-state index in [0.29, 0.717) is 6.54 Å². The Kier molecular flexibility index (Phi) is 6.85. The third kappa shape index (κ3) is 5.57. The maximum Gasteiger partial charge on any atom is 0.0967 e. The topological polar surface area (TPSA) is 63.2 Å². The van der Waals surface area contributed by atoms with Crippen LogP contribution in [-0.4, -0.2) is 65.1 Å². The van der Waals surface area contributed by atoms with Crippen LogP contribution in [0.25, 0.3) is 0 Å². The summed E-state index contributed by atoms with van der Waals surface area (Å²) in [5.74, 6) is 0. The molecule has 0 fully saturated rings. The van der Waals surface area contributed by atoms with Crippen molar-refractivity contribution in [3.05, 3.63) is 11.9 Å². The molecule has 1 heterocycles. The second-order valence-corrected chi connectivity index (χ2v) is 4.79. The molecule has 0 aliphatic rings. The van der Waals surface area contributed by atoms with Crippen molar-refractivity contribution in [2.24, 2.45) is 5.73 Å². The van der Waals surface area contributed by atoms with E-state index in [-0.39, 0.29) is 0 Å². The van der Waals surface area contributed by atoms with E-state index in [9.17, 15) is 0 Å². The fraction of sp³-hybridized carbons (Fsp3) is 0.833. The Labute approximate surface area is 110 Å². The van der Waals surface area contributed by atoms with E-state index in [1.54, 1.807) is 0 Å². The Morgan fingerprint density at radius 3 is 2.72 bits per heavy atom. The van der Waals surface area contributed by atoms with Crippen LogP contribution in [0.4, 0.5) is 0 Å². The molecule has 0 aromatic carbocycles. The van der Waals surface area contributed by atoms with Crippen LogP contribution in [0.5, 0.6) is 0 Å². The fourth-order valence-electron chi connectivity index (χ4n) is 1.84. The highest BCUT2D eigenvalue weighted by atomic mass is 15.4. The van der Waals surface area contributed by atoms with Crippen molar-refractivity contribution in [3.63, 3.8) is 0 Å². The summed E-state index contributed by atoms with van der Waals surface area (Å²) in [7, 11) is 4.21. The molecule has 0 saturated heterocycles. The molecule has 0 unspecified atom stereocenters. The molecule has 0 radical (unpaired) electrons. The first-order valence-electron chi connectivity index (χ1n) is 6.61. The first-order valence-corrected chi connectivity index (χ1v) is 6.61. The SMILES string of the molecule is CCN(CCCN(C)C)Cc1cn(CCN)nn1. The third-order valence-electron chi connectivity index (χ3n) is 2.86. The van der Waals surface area contributed by atoms with Gasteiger partial charge in [-0.1, -0.05) is 12.1 Å². The zero-order chi connectivity index (χ0) is 13.4. The standard InChI is InChI=1S/C12H26N6/c1-4-17(8-5-7-16(2)3)10-12-11-18(9-6-13)15-14-12/h11H,4-10,13H2,1-3H3. The molecule has 1 aromatic heterocycles. The monoisotopic (exact) mass is 254 g/mol. The Hall–Kier alpha value is -0.980. The summed E-state index contributed by atoms with van der Waals surface area (Å²) in [6.45, 7) is 7.64. The van der Waals surface area contributed by atoms with Gasteiger partial charge in [-0.25, -0.2) is 0 Å². The molecule has 6 nitrogen and oxygen atoms in total. The van der Waals surface area contributed by atoms with Gasteiger partial charge in [-0.2, -0.15) is 0 Å². The number of nitrogens with two attached hydrogens (primary N) is 1. The normalized spacial score (nSPS) is 11.7. The lowest BCUT2D eigenvalue weighted by Crippen LogP contribution is -2.27. The Morgan fingerprint density at radius 1 is 1.33 bits per heavy atom. The molecular weight excluding hydrogens is 228 g/mol. The van der Waals surface area contributed by atoms with E-state index in [1.807, 2.05) is 10.9 Å². The third-order valence-corrected chi connectivity index (χ3v) is 2.86. The largest absolute Gasteiger partial charge is 0.329 e. The van der Waals surface area contributed by atoms with Gasteiger partial charge in [0.15, 0.2) is 0 Å². The van der Waals surface area contributed by atoms with Crippen LogP contribution in [0, 0.1) is 0 Å². The molecule has 0 bridgehead atoms. The van der Waals surface area contributed by atoms with Gasteiger partial charge in [-0.3, -0.25) is 9.58 Å². The summed E-state index contributed by atoms with van der Waals surface area (Å²) in [5.41, 5.74) is 6.51. The second kappa shape index (κ2) is 8.18. The Morgan fingerprint density at radius 2 is 2.11 bits per heavy atom. The number of hydrogen-bond acceptors (Lipinski definition) is 5. The van der Waals surface area contributed by atoms with Gasteiger partial charge >= 0.3 is 0 Å². The average molecular weight is 254 g/mol. The first-order chi connectivity index (χ1) is 8.65. The highest BCUT2D eigenvalue weighted by Gasteiger charge is 2.07. The van der Waals surface area contributed by atoms with Crippen molar-refractivity contribution in [1.82, 2.24) is 24.8 Å². The van der Waals surface area contributed by atoms with Gasteiger partial charge in [0.25, 0.3) is 0 Å². The minimum atomic E-state index is 0.600. The molecule has 2 N–H and O–H groups in total. The van der Waals surface area contributed by atoms with E-state index in [0.717, 1.165) is 38.4 Å². The highest BCUT2D eigenvalue weighted by molar-refractivity contribution is 4.92. The molecule has 0 aliphatic heterocycles. The molecule has 6 heteroatoms. The second-order valence-electron chi connectivity index (χ2n) is 4.79. The van der Waals surface area contributed by atoms with Crippen molar-refractivity contribution < 1.29 is 0 Å². The molecule has 18 heavy (non-hydrogen) atoms. The molecule has 0 aliphatic carbocycles. The van der Waals surface area contributed by atoms with Crippen molar-refractivity contribution in [1.29, 1.82) is 0 Å². The smallest absolute Gasteiger partial charge is 0.0967 e. The van der Waals surface area contributed by atoms with Gasteiger partial charge in [0, 0.05) is 19.3 Å². The minimum absolute atomic E-state index is 0.600. The number of hydrogen-bond donors (Lipinski definition) is 1. The molecule has 1 rings (SSSR count). The van der Waals surface area contributed by atoms with Crippen LogP contribution in [0.15, 0.2) is 6.20 Å². The van der Waals surface area contributed by atoms with Crippen LogP contribution in [0.3, 0.4) is 0 Å². The summed E-state index contributed by atoms with van der Waals surface area (Å²) in [6.07, 6.45) is 3.17. The molecule has 0 amide bonds. The van der Waals surface area contributed by atoms with E-state index >= 15 is 0 Å². The Bertz CT molecular complexity index is 322. The van der Waals surface area contributed by atoms with Gasteiger partial charge < -0.3 is 10.6 Å². The summed E-state index contributed by atoms with van der Waals surface area (Å²) >= 11 is 0. The predicted molar refractivity (Wildman–Crippen MR) is 73.2 cm³/mol. The first kappa shape index (κ1) is 15.1. The number of aromatic nitrogens is 3. The average Bonchev–Trinajstić information content (AvgIpc) is 2.75. The molecular formula is C12H26N6. The van der Waals surface area contributed by atoms with E-state index in [1.165, 1.54) is 6.42 Å². The van der Waals surface area contributed by atoms with Crippen LogP contribution >= 0.6 is 0 Å². The van der Waals surface area contributed by atoms with Crippen molar-refractivity contribution >= 4 is 0 Å². The van der Waals surface area contributed by atoms with E-state index < -0.39 is 0 Å². The lowest BCUT2D eigenvalue weighted by molar-refractivity contribution is 0.256. The lowest BCUT2D eigenvalue weighted by atomic mass is 10.3. The molecule has 0 saturated carbocycles. The molecule has 104 valence electrons. The number of nitrogens with zero attached hydrogens (tertiary/aromatic N) is 5. The van der Waals surface area contributed by atoms with Gasteiger partial charge in [-0.05, 0) is 40.2 Å². The Balaban J connectivity index is 2.36. The van der Waals surface area contributed by atoms with Gasteiger partial charge in [0.05, 0.1) is 12.2 Å². The maximum absolute atomic E-state index is 5.49. The minimum Gasteiger partial charge on any atom is -0.329 e. The van der Waals surface area contributed by atoms with Gasteiger partial charge in [-0.15, -0.1) is 5.10 Å². The summed E-state index contributed by atoms with van der Waals surface area (Å²) in [4.78, 5) is 4.60. The van der Waals surface area contributed by atoms with Gasteiger partial charge in [0.2, 0.25) is 0 Å². The quantitative estimate of drug-likeness (QED) is 0.672. The van der Waals surface area contributed by atoms with E-state index in [4.69, 9.17) is 5.73 Å². The van der Waals surface area contributed by atoms with E-state index in [2.05, 4.69) is 41.1 Å². The highest BCUT2D eigenvalue weighted by Crippen LogP contribution is 2.01. The summed E-state index contributed by atoms with van der Waals surface area (Å²) in [6, 6.07) is 0. The van der Waals surface area contributed by atoms with Crippen molar-refractivity contribution in [2.75, 3.05) is 40.3 Å². The van der Waals surface area contributed by atoms with Crippen LogP contribution in [0.1, 0.15) is 19.0 Å². The van der Waals surface area contributed by atoms with Crippen LogP contribution in [-0.2, 0) is 13.1 Å². The lowest BCUT2D eigenvalue weighted by Gasteiger charge is -2.20. The predicted octanol–water partition coefficient (Wildman–Crippen LogP) is 0.0104. The molecule has 1 aromatic rings. The fourth-order valence-corrected chi connectivity index (χ4v) is 1.84. The zero-order valence-corrected chi connectivity index (χ0v) is 11.8. The van der Waals surface area contributed by atoms with Gasteiger partial charge in [0.1, 0.15) is 0 Å². The maximum atomic E-state index is 5.49. The summed E-state index contributed by atoms with van der Waals surface area (Å²) in [5, 5.41) is 8.22. The zero-order valence-electron chi connectivity index (χ0n) is 11.8. The number of rotatable bonds is 9. The molecule has 0 atom stereocenters. The van der Waals surface area contributed by atoms with Crippen molar-refractivity contribution in [2.45, 2.75) is 26.4 Å². The van der Waals surface area contributed by atoms with Crippen LogP contribution < -0.4 is 5.73 Å². The van der Waals surface area contributed by atoms with Crippen LogP contribution in [0.2, 0.25) is 0 Å².